The lowest BCUT2D eigenvalue weighted by Gasteiger charge is -2.08. The number of carbonyl (C=O) groups is 1. The van der Waals surface area contributed by atoms with E-state index in [9.17, 15) is 4.79 Å². The quantitative estimate of drug-likeness (QED) is 0.632. The predicted octanol–water partition coefficient (Wildman–Crippen LogP) is 2.20. The fraction of sp³-hybridized carbons (Fsp3) is 0.357. The van der Waals surface area contributed by atoms with E-state index >= 15 is 0 Å². The highest BCUT2D eigenvalue weighted by Gasteiger charge is 2.09. The number of hydrogen-bond donors (Lipinski definition) is 2. The van der Waals surface area contributed by atoms with Gasteiger partial charge in [-0.15, -0.1) is 11.8 Å². The lowest BCUT2D eigenvalue weighted by molar-refractivity contribution is 0.0952. The molecule has 106 valence electrons. The molecular formula is C14H18N4OS. The highest BCUT2D eigenvalue weighted by molar-refractivity contribution is 7.98. The molecule has 0 fully saturated rings. The Morgan fingerprint density at radius 3 is 3.00 bits per heavy atom. The maximum Gasteiger partial charge on any atom is 0.251 e. The summed E-state index contributed by atoms with van der Waals surface area (Å²) in [6, 6.07) is 5.95. The van der Waals surface area contributed by atoms with Gasteiger partial charge >= 0.3 is 0 Å². The van der Waals surface area contributed by atoms with Crippen LogP contribution in [0.4, 0.5) is 0 Å². The van der Waals surface area contributed by atoms with Crippen molar-refractivity contribution >= 4 is 17.7 Å². The van der Waals surface area contributed by atoms with Crippen LogP contribution < -0.4 is 5.32 Å². The van der Waals surface area contributed by atoms with Crippen LogP contribution in [0, 0.1) is 6.92 Å². The minimum absolute atomic E-state index is 0.0176. The standard InChI is InChI=1S/C14H18N4OS/c1-10-5-6-11(20-2)8-12(10)14(19)15-7-3-4-13-16-9-17-18-13/h5-6,8-9H,3-4,7H2,1-2H3,(H,15,19)(H,16,17,18). The summed E-state index contributed by atoms with van der Waals surface area (Å²) in [5.41, 5.74) is 1.74. The van der Waals surface area contributed by atoms with Gasteiger partial charge in [0.15, 0.2) is 0 Å². The summed E-state index contributed by atoms with van der Waals surface area (Å²) in [6.45, 7) is 2.58. The van der Waals surface area contributed by atoms with Crippen LogP contribution in [0.1, 0.15) is 28.2 Å². The molecule has 20 heavy (non-hydrogen) atoms. The van der Waals surface area contributed by atoms with E-state index in [0.717, 1.165) is 34.7 Å². The minimum Gasteiger partial charge on any atom is -0.352 e. The fourth-order valence-corrected chi connectivity index (χ4v) is 2.32. The number of carbonyl (C=O) groups excluding carboxylic acids is 1. The van der Waals surface area contributed by atoms with E-state index in [2.05, 4.69) is 20.5 Å². The number of nitrogens with one attached hydrogen (secondary N) is 2. The Morgan fingerprint density at radius 1 is 1.45 bits per heavy atom. The molecule has 5 nitrogen and oxygen atoms in total. The molecule has 0 spiro atoms. The van der Waals surface area contributed by atoms with E-state index in [1.165, 1.54) is 6.33 Å². The van der Waals surface area contributed by atoms with E-state index in [0.29, 0.717) is 6.54 Å². The Kier molecular flexibility index (Phi) is 5.17. The van der Waals surface area contributed by atoms with Gasteiger partial charge in [0.05, 0.1) is 0 Å². The molecule has 2 N–H and O–H groups in total. The smallest absolute Gasteiger partial charge is 0.251 e. The van der Waals surface area contributed by atoms with Gasteiger partial charge in [-0.2, -0.15) is 5.10 Å². The normalized spacial score (nSPS) is 10.5. The number of H-pyrrole nitrogens is 1. The van der Waals surface area contributed by atoms with Gasteiger partial charge in [-0.25, -0.2) is 4.98 Å². The van der Waals surface area contributed by atoms with Crippen LogP contribution in [-0.2, 0) is 6.42 Å². The van der Waals surface area contributed by atoms with Crippen LogP contribution in [-0.4, -0.2) is 33.9 Å². The van der Waals surface area contributed by atoms with E-state index in [1.807, 2.05) is 31.4 Å². The Bertz CT molecular complexity index is 569. The first-order valence-corrected chi connectivity index (χ1v) is 7.70. The SMILES string of the molecule is CSc1ccc(C)c(C(=O)NCCCc2ncn[nH]2)c1. The number of nitrogens with zero attached hydrogens (tertiary/aromatic N) is 2. The summed E-state index contributed by atoms with van der Waals surface area (Å²) in [4.78, 5) is 17.3. The summed E-state index contributed by atoms with van der Waals surface area (Å²) >= 11 is 1.64. The minimum atomic E-state index is -0.0176. The summed E-state index contributed by atoms with van der Waals surface area (Å²) in [5.74, 6) is 0.829. The number of aromatic amines is 1. The van der Waals surface area contributed by atoms with E-state index in [4.69, 9.17) is 0 Å². The van der Waals surface area contributed by atoms with Gasteiger partial charge in [0.1, 0.15) is 12.2 Å². The topological polar surface area (TPSA) is 70.7 Å². The van der Waals surface area contributed by atoms with Crippen molar-refractivity contribution in [3.63, 3.8) is 0 Å². The van der Waals surface area contributed by atoms with Gasteiger partial charge in [-0.05, 0) is 37.3 Å². The van der Waals surface area contributed by atoms with Gasteiger partial charge in [0, 0.05) is 23.4 Å². The van der Waals surface area contributed by atoms with Gasteiger partial charge in [-0.3, -0.25) is 9.89 Å². The molecule has 2 rings (SSSR count). The first kappa shape index (κ1) is 14.6. The highest BCUT2D eigenvalue weighted by Crippen LogP contribution is 2.18. The molecule has 0 saturated heterocycles. The molecule has 0 aliphatic rings. The average molecular weight is 290 g/mol. The van der Waals surface area contributed by atoms with E-state index in [-0.39, 0.29) is 5.91 Å². The lowest BCUT2D eigenvalue weighted by atomic mass is 10.1. The van der Waals surface area contributed by atoms with Gasteiger partial charge in [-0.1, -0.05) is 6.07 Å². The molecule has 0 bridgehead atoms. The maximum atomic E-state index is 12.1. The number of hydrogen-bond acceptors (Lipinski definition) is 4. The van der Waals surface area contributed by atoms with Crippen molar-refractivity contribution in [2.24, 2.45) is 0 Å². The Balaban J connectivity index is 1.85. The predicted molar refractivity (Wildman–Crippen MR) is 80.0 cm³/mol. The van der Waals surface area contributed by atoms with Gasteiger partial charge in [0.2, 0.25) is 0 Å². The number of rotatable bonds is 6. The molecular weight excluding hydrogens is 272 g/mol. The van der Waals surface area contributed by atoms with Gasteiger partial charge < -0.3 is 5.32 Å². The zero-order chi connectivity index (χ0) is 14.4. The average Bonchev–Trinajstić information content (AvgIpc) is 2.97. The molecule has 0 aliphatic carbocycles. The summed E-state index contributed by atoms with van der Waals surface area (Å²) in [5, 5.41) is 9.54. The third-order valence-corrected chi connectivity index (χ3v) is 3.76. The Labute approximate surface area is 122 Å². The number of benzene rings is 1. The second-order valence-corrected chi connectivity index (χ2v) is 5.35. The third-order valence-electron chi connectivity index (χ3n) is 3.03. The first-order chi connectivity index (χ1) is 9.70. The summed E-state index contributed by atoms with van der Waals surface area (Å²) < 4.78 is 0. The largest absolute Gasteiger partial charge is 0.352 e. The van der Waals surface area contributed by atoms with Crippen LogP contribution in [0.25, 0.3) is 0 Å². The molecule has 0 atom stereocenters. The van der Waals surface area contributed by atoms with Crippen LogP contribution in [0.2, 0.25) is 0 Å². The van der Waals surface area contributed by atoms with Crippen LogP contribution >= 0.6 is 11.8 Å². The number of amides is 1. The fourth-order valence-electron chi connectivity index (χ4n) is 1.88. The number of aryl methyl sites for hydroxylation is 2. The molecule has 1 aromatic carbocycles. The van der Waals surface area contributed by atoms with E-state index < -0.39 is 0 Å². The highest BCUT2D eigenvalue weighted by atomic mass is 32.2. The molecule has 1 heterocycles. The van der Waals surface area contributed by atoms with Crippen molar-refractivity contribution in [2.45, 2.75) is 24.7 Å². The molecule has 1 aromatic heterocycles. The summed E-state index contributed by atoms with van der Waals surface area (Å²) in [6.07, 6.45) is 5.11. The van der Waals surface area contributed by atoms with Crippen molar-refractivity contribution in [3.05, 3.63) is 41.5 Å². The third kappa shape index (κ3) is 3.84. The molecule has 6 heteroatoms. The van der Waals surface area contributed by atoms with Crippen molar-refractivity contribution in [1.82, 2.24) is 20.5 Å². The molecule has 0 aliphatic heterocycles. The maximum absolute atomic E-state index is 12.1. The Hall–Kier alpha value is -1.82. The molecule has 0 radical (unpaired) electrons. The van der Waals surface area contributed by atoms with Crippen molar-refractivity contribution < 1.29 is 4.79 Å². The van der Waals surface area contributed by atoms with Crippen molar-refractivity contribution in [1.29, 1.82) is 0 Å². The number of aromatic nitrogens is 3. The van der Waals surface area contributed by atoms with E-state index in [1.54, 1.807) is 11.8 Å². The second-order valence-electron chi connectivity index (χ2n) is 4.47. The monoisotopic (exact) mass is 290 g/mol. The van der Waals surface area contributed by atoms with Gasteiger partial charge in [0.25, 0.3) is 5.91 Å². The zero-order valence-corrected chi connectivity index (χ0v) is 12.5. The zero-order valence-electron chi connectivity index (χ0n) is 11.6. The molecule has 1 amide bonds. The Morgan fingerprint density at radius 2 is 2.30 bits per heavy atom. The molecule has 2 aromatic rings. The molecule has 0 saturated carbocycles. The first-order valence-electron chi connectivity index (χ1n) is 6.48. The van der Waals surface area contributed by atoms with Crippen LogP contribution in [0.3, 0.4) is 0 Å². The van der Waals surface area contributed by atoms with Crippen LogP contribution in [0.5, 0.6) is 0 Å². The number of thioether (sulfide) groups is 1. The van der Waals surface area contributed by atoms with Crippen molar-refractivity contribution in [2.75, 3.05) is 12.8 Å². The van der Waals surface area contributed by atoms with Crippen molar-refractivity contribution in [3.8, 4) is 0 Å². The lowest BCUT2D eigenvalue weighted by Crippen LogP contribution is -2.25. The summed E-state index contributed by atoms with van der Waals surface area (Å²) in [7, 11) is 0. The van der Waals surface area contributed by atoms with Crippen LogP contribution in [0.15, 0.2) is 29.4 Å². The molecule has 0 unspecified atom stereocenters. The second kappa shape index (κ2) is 7.09.